The van der Waals surface area contributed by atoms with Gasteiger partial charge in [0, 0.05) is 23.1 Å². The highest BCUT2D eigenvalue weighted by Gasteiger charge is 2.24. The van der Waals surface area contributed by atoms with Gasteiger partial charge in [-0.1, -0.05) is 6.07 Å². The lowest BCUT2D eigenvalue weighted by Gasteiger charge is -2.24. The molecule has 124 valence electrons. The van der Waals surface area contributed by atoms with E-state index in [0.29, 0.717) is 18.8 Å². The summed E-state index contributed by atoms with van der Waals surface area (Å²) in [5.41, 5.74) is 4.61. The molecule has 0 amide bonds. The molecule has 24 heavy (non-hydrogen) atoms. The van der Waals surface area contributed by atoms with Gasteiger partial charge in [-0.3, -0.25) is 4.79 Å². The van der Waals surface area contributed by atoms with Crippen LogP contribution in [0.15, 0.2) is 30.3 Å². The van der Waals surface area contributed by atoms with Crippen molar-refractivity contribution in [1.82, 2.24) is 0 Å². The van der Waals surface area contributed by atoms with Crippen LogP contribution in [0.2, 0.25) is 0 Å². The Hall–Kier alpha value is -2.34. The van der Waals surface area contributed by atoms with E-state index in [1.165, 1.54) is 0 Å². The van der Waals surface area contributed by atoms with Gasteiger partial charge in [-0.25, -0.2) is 0 Å². The molecule has 6 heteroatoms. The highest BCUT2D eigenvalue weighted by atomic mass is 32.2. The van der Waals surface area contributed by atoms with E-state index in [1.54, 1.807) is 12.1 Å². The number of rotatable bonds is 2. The molecule has 0 fully saturated rings. The van der Waals surface area contributed by atoms with Gasteiger partial charge in [0.2, 0.25) is 0 Å². The average molecular weight is 344 g/mol. The molecule has 0 bridgehead atoms. The predicted molar refractivity (Wildman–Crippen MR) is 89.0 cm³/mol. The highest BCUT2D eigenvalue weighted by molar-refractivity contribution is 7.86. The summed E-state index contributed by atoms with van der Waals surface area (Å²) >= 11 is 0. The second kappa shape index (κ2) is 5.34. The topological polar surface area (TPSA) is 69.7 Å². The number of carbonyl (C=O) groups excluding carboxylic acids is 1. The molecule has 2 aromatic rings. The summed E-state index contributed by atoms with van der Waals surface area (Å²) in [7, 11) is -3.56. The number of Topliss-reactive ketones (excluding diaryl/α,β-unsaturated/α-hetero) is 1. The first-order chi connectivity index (χ1) is 11.4. The summed E-state index contributed by atoms with van der Waals surface area (Å²) < 4.78 is 33.3. The molecular formula is C18H16O5S. The van der Waals surface area contributed by atoms with Gasteiger partial charge < -0.3 is 8.92 Å². The van der Waals surface area contributed by atoms with Crippen LogP contribution in [0.3, 0.4) is 0 Å². The molecule has 5 nitrogen and oxygen atoms in total. The van der Waals surface area contributed by atoms with Crippen molar-refractivity contribution >= 4 is 15.9 Å². The van der Waals surface area contributed by atoms with Crippen molar-refractivity contribution in [1.29, 1.82) is 0 Å². The Kier molecular flexibility index (Phi) is 3.38. The zero-order chi connectivity index (χ0) is 16.9. The van der Waals surface area contributed by atoms with Crippen molar-refractivity contribution in [3.05, 3.63) is 47.0 Å². The van der Waals surface area contributed by atoms with E-state index < -0.39 is 10.1 Å². The molecule has 0 radical (unpaired) electrons. The molecular weight excluding hydrogens is 328 g/mol. The Balaban J connectivity index is 1.79. The molecule has 0 aromatic heterocycles. The van der Waals surface area contributed by atoms with E-state index in [1.807, 2.05) is 18.2 Å². The summed E-state index contributed by atoms with van der Waals surface area (Å²) in [6.45, 7) is 0.316. The van der Waals surface area contributed by atoms with Gasteiger partial charge in [-0.05, 0) is 48.2 Å². The minimum atomic E-state index is -3.56. The molecule has 1 aliphatic heterocycles. The van der Waals surface area contributed by atoms with Crippen molar-refractivity contribution in [3.8, 4) is 22.6 Å². The van der Waals surface area contributed by atoms with Gasteiger partial charge in [0.05, 0.1) is 6.26 Å². The molecule has 0 saturated carbocycles. The van der Waals surface area contributed by atoms with Crippen LogP contribution < -0.4 is 8.92 Å². The van der Waals surface area contributed by atoms with Crippen LogP contribution in [0.1, 0.15) is 34.3 Å². The molecule has 1 aliphatic carbocycles. The number of benzene rings is 2. The normalized spacial score (nSPS) is 15.8. The van der Waals surface area contributed by atoms with Crippen molar-refractivity contribution in [3.63, 3.8) is 0 Å². The van der Waals surface area contributed by atoms with Crippen molar-refractivity contribution in [2.75, 3.05) is 6.26 Å². The molecule has 0 atom stereocenters. The number of hydrogen-bond donors (Lipinski definition) is 0. The average Bonchev–Trinajstić information content (AvgIpc) is 2.52. The quantitative estimate of drug-likeness (QED) is 0.783. The first-order valence-electron chi connectivity index (χ1n) is 7.76. The smallest absolute Gasteiger partial charge is 0.306 e. The van der Waals surface area contributed by atoms with E-state index in [0.717, 1.165) is 46.9 Å². The zero-order valence-corrected chi connectivity index (χ0v) is 14.0. The molecule has 0 N–H and O–H groups in total. The standard InChI is InChI=1S/C18H16O5S/c1-24(20,21)23-13-5-6-14-12(7-13)10-22-18-9-15-11(8-16(14)18)3-2-4-17(15)19/h5-9H,2-4,10H2,1H3. The Bertz CT molecular complexity index is 960. The number of aryl methyl sites for hydroxylation is 1. The van der Waals surface area contributed by atoms with Gasteiger partial charge in [-0.2, -0.15) is 8.42 Å². The number of fused-ring (bicyclic) bond motifs is 4. The van der Waals surface area contributed by atoms with E-state index >= 15 is 0 Å². The van der Waals surface area contributed by atoms with Crippen molar-refractivity contribution < 1.29 is 22.1 Å². The van der Waals surface area contributed by atoms with Crippen LogP contribution in [0.5, 0.6) is 11.5 Å². The summed E-state index contributed by atoms with van der Waals surface area (Å²) in [5.74, 6) is 1.15. The van der Waals surface area contributed by atoms with Gasteiger partial charge >= 0.3 is 10.1 Å². The molecule has 1 heterocycles. The SMILES string of the molecule is CS(=O)(=O)Oc1ccc2c(c1)COc1cc3c(cc1-2)CCCC3=O. The maximum absolute atomic E-state index is 12.1. The predicted octanol–water partition coefficient (Wildman–Crippen LogP) is 3.10. The first-order valence-corrected chi connectivity index (χ1v) is 9.58. The lowest BCUT2D eigenvalue weighted by Crippen LogP contribution is -2.14. The van der Waals surface area contributed by atoms with Gasteiger partial charge in [0.15, 0.2) is 5.78 Å². The van der Waals surface area contributed by atoms with E-state index in [-0.39, 0.29) is 11.5 Å². The van der Waals surface area contributed by atoms with Crippen LogP contribution >= 0.6 is 0 Å². The van der Waals surface area contributed by atoms with Gasteiger partial charge in [0.25, 0.3) is 0 Å². The van der Waals surface area contributed by atoms with E-state index in [2.05, 4.69) is 0 Å². The minimum absolute atomic E-state index is 0.172. The fourth-order valence-corrected chi connectivity index (χ4v) is 3.78. The highest BCUT2D eigenvalue weighted by Crippen LogP contribution is 2.41. The summed E-state index contributed by atoms with van der Waals surface area (Å²) in [6, 6.07) is 9.03. The Morgan fingerprint density at radius 3 is 2.62 bits per heavy atom. The van der Waals surface area contributed by atoms with Gasteiger partial charge in [-0.15, -0.1) is 0 Å². The zero-order valence-electron chi connectivity index (χ0n) is 13.2. The maximum Gasteiger partial charge on any atom is 0.306 e. The summed E-state index contributed by atoms with van der Waals surface area (Å²) in [4.78, 5) is 12.1. The van der Waals surface area contributed by atoms with Crippen molar-refractivity contribution in [2.45, 2.75) is 25.9 Å². The number of carbonyl (C=O) groups is 1. The van der Waals surface area contributed by atoms with Gasteiger partial charge in [0.1, 0.15) is 18.1 Å². The summed E-state index contributed by atoms with van der Waals surface area (Å²) in [5, 5.41) is 0. The lowest BCUT2D eigenvalue weighted by molar-refractivity contribution is 0.0972. The van der Waals surface area contributed by atoms with Crippen LogP contribution in [0.25, 0.3) is 11.1 Å². The largest absolute Gasteiger partial charge is 0.488 e. The van der Waals surface area contributed by atoms with E-state index in [9.17, 15) is 13.2 Å². The van der Waals surface area contributed by atoms with Crippen LogP contribution in [0.4, 0.5) is 0 Å². The van der Waals surface area contributed by atoms with Crippen molar-refractivity contribution in [2.24, 2.45) is 0 Å². The second-order valence-corrected chi connectivity index (χ2v) is 7.75. The number of ketones is 1. The number of ether oxygens (including phenoxy) is 1. The Labute approximate surface area is 140 Å². The third-order valence-corrected chi connectivity index (χ3v) is 4.85. The Morgan fingerprint density at radius 2 is 1.83 bits per heavy atom. The molecule has 0 saturated heterocycles. The van der Waals surface area contributed by atoms with Crippen LogP contribution in [0, 0.1) is 0 Å². The molecule has 0 spiro atoms. The minimum Gasteiger partial charge on any atom is -0.488 e. The molecule has 2 aliphatic rings. The lowest BCUT2D eigenvalue weighted by atomic mass is 9.86. The second-order valence-electron chi connectivity index (χ2n) is 6.18. The maximum atomic E-state index is 12.1. The fraction of sp³-hybridized carbons (Fsp3) is 0.278. The van der Waals surface area contributed by atoms with Crippen LogP contribution in [-0.2, 0) is 23.1 Å². The molecule has 4 rings (SSSR count). The van der Waals surface area contributed by atoms with E-state index in [4.69, 9.17) is 8.92 Å². The monoisotopic (exact) mass is 344 g/mol. The van der Waals surface area contributed by atoms with Crippen LogP contribution in [-0.4, -0.2) is 20.5 Å². The third kappa shape index (κ3) is 2.67. The summed E-state index contributed by atoms with van der Waals surface area (Å²) in [6.07, 6.45) is 3.37. The Morgan fingerprint density at radius 1 is 1.00 bits per heavy atom. The number of hydrogen-bond acceptors (Lipinski definition) is 5. The molecule has 2 aromatic carbocycles. The molecule has 0 unspecified atom stereocenters. The third-order valence-electron chi connectivity index (χ3n) is 4.35. The first kappa shape index (κ1) is 15.2. The fourth-order valence-electron chi connectivity index (χ4n) is 3.33.